The van der Waals surface area contributed by atoms with Crippen molar-refractivity contribution in [3.8, 4) is 0 Å². The van der Waals surface area contributed by atoms with Gasteiger partial charge >= 0.3 is 5.97 Å². The van der Waals surface area contributed by atoms with Crippen LogP contribution in [0.25, 0.3) is 5.65 Å². The van der Waals surface area contributed by atoms with E-state index in [2.05, 4.69) is 4.98 Å². The number of carbonyl (C=O) groups is 1. The highest BCUT2D eigenvalue weighted by Gasteiger charge is 2.08. The molecule has 2 aromatic heterocycles. The first-order valence-electron chi connectivity index (χ1n) is 3.64. The van der Waals surface area contributed by atoms with Gasteiger partial charge in [0.2, 0.25) is 0 Å². The van der Waals surface area contributed by atoms with E-state index in [-0.39, 0.29) is 5.69 Å². The third kappa shape index (κ3) is 1.10. The number of aromatic carboxylic acids is 1. The van der Waals surface area contributed by atoms with Crippen molar-refractivity contribution in [3.05, 3.63) is 30.2 Å². The average molecular weight is 177 g/mol. The van der Waals surface area contributed by atoms with Crippen molar-refractivity contribution in [1.82, 2.24) is 9.38 Å². The fourth-order valence-electron chi connectivity index (χ4n) is 1.18. The number of hydrogen-bond acceptors (Lipinski definition) is 3. The summed E-state index contributed by atoms with van der Waals surface area (Å²) in [4.78, 5) is 14.7. The summed E-state index contributed by atoms with van der Waals surface area (Å²) >= 11 is 0. The molecule has 0 radical (unpaired) electrons. The molecule has 3 N–H and O–H groups in total. The molecule has 0 amide bonds. The summed E-state index contributed by atoms with van der Waals surface area (Å²) < 4.78 is 1.44. The van der Waals surface area contributed by atoms with Gasteiger partial charge < -0.3 is 10.8 Å². The third-order valence-electron chi connectivity index (χ3n) is 1.74. The van der Waals surface area contributed by atoms with Gasteiger partial charge in [-0.3, -0.25) is 4.40 Å². The molecule has 5 nitrogen and oxygen atoms in total. The molecule has 5 heteroatoms. The number of nitrogen functional groups attached to an aromatic ring is 1. The monoisotopic (exact) mass is 177 g/mol. The summed E-state index contributed by atoms with van der Waals surface area (Å²) in [7, 11) is 0. The molecule has 13 heavy (non-hydrogen) atoms. The summed E-state index contributed by atoms with van der Waals surface area (Å²) in [5.74, 6) is -0.993. The van der Waals surface area contributed by atoms with Crippen molar-refractivity contribution in [3.63, 3.8) is 0 Å². The van der Waals surface area contributed by atoms with Crippen molar-refractivity contribution in [1.29, 1.82) is 0 Å². The Hall–Kier alpha value is -2.04. The van der Waals surface area contributed by atoms with E-state index < -0.39 is 5.97 Å². The van der Waals surface area contributed by atoms with Crippen molar-refractivity contribution in [2.45, 2.75) is 0 Å². The van der Waals surface area contributed by atoms with Gasteiger partial charge in [0, 0.05) is 6.20 Å². The van der Waals surface area contributed by atoms with E-state index in [9.17, 15) is 4.79 Å². The maximum Gasteiger partial charge on any atom is 0.352 e. The first-order valence-corrected chi connectivity index (χ1v) is 3.64. The Bertz CT molecular complexity index is 475. The van der Waals surface area contributed by atoms with Gasteiger partial charge in [-0.1, -0.05) is 0 Å². The molecule has 0 fully saturated rings. The first kappa shape index (κ1) is 7.60. The van der Waals surface area contributed by atoms with E-state index in [1.165, 1.54) is 22.9 Å². The molecule has 0 aliphatic carbocycles. The van der Waals surface area contributed by atoms with Crippen molar-refractivity contribution >= 4 is 17.3 Å². The van der Waals surface area contributed by atoms with Crippen molar-refractivity contribution in [2.75, 3.05) is 5.73 Å². The molecule has 2 rings (SSSR count). The quantitative estimate of drug-likeness (QED) is 0.668. The number of anilines is 1. The average Bonchev–Trinajstić information content (AvgIpc) is 2.46. The molecule has 0 aliphatic rings. The molecule has 0 saturated carbocycles. The Kier molecular flexibility index (Phi) is 1.45. The summed E-state index contributed by atoms with van der Waals surface area (Å²) in [5, 5.41) is 8.77. The zero-order valence-electron chi connectivity index (χ0n) is 6.64. The first-order chi connectivity index (χ1) is 6.18. The van der Waals surface area contributed by atoms with E-state index in [1.807, 2.05) is 0 Å². The van der Waals surface area contributed by atoms with Gasteiger partial charge in [0.1, 0.15) is 11.3 Å². The van der Waals surface area contributed by atoms with Gasteiger partial charge in [0.05, 0.1) is 11.9 Å². The minimum atomic E-state index is -0.993. The number of hydrogen-bond donors (Lipinski definition) is 2. The van der Waals surface area contributed by atoms with Gasteiger partial charge in [-0.05, 0) is 12.1 Å². The Morgan fingerprint density at radius 1 is 1.54 bits per heavy atom. The lowest BCUT2D eigenvalue weighted by atomic mass is 10.4. The zero-order chi connectivity index (χ0) is 9.42. The molecule has 0 bridgehead atoms. The predicted octanol–water partition coefficient (Wildman–Crippen LogP) is 0.615. The highest BCUT2D eigenvalue weighted by atomic mass is 16.4. The molecule has 2 aromatic rings. The second-order valence-electron chi connectivity index (χ2n) is 2.64. The Morgan fingerprint density at radius 2 is 2.31 bits per heavy atom. The smallest absolute Gasteiger partial charge is 0.352 e. The number of aromatic nitrogens is 2. The lowest BCUT2D eigenvalue weighted by molar-refractivity contribution is 0.0689. The van der Waals surface area contributed by atoms with Crippen LogP contribution in [0.3, 0.4) is 0 Å². The summed E-state index contributed by atoms with van der Waals surface area (Å²) in [5.41, 5.74) is 6.65. The van der Waals surface area contributed by atoms with E-state index in [4.69, 9.17) is 10.8 Å². The van der Waals surface area contributed by atoms with E-state index in [0.29, 0.717) is 11.3 Å². The van der Waals surface area contributed by atoms with Crippen LogP contribution in [0.5, 0.6) is 0 Å². The molecule has 0 aromatic carbocycles. The minimum absolute atomic E-state index is 0.162. The van der Waals surface area contributed by atoms with E-state index in [0.717, 1.165) is 0 Å². The van der Waals surface area contributed by atoms with Crippen LogP contribution in [0.2, 0.25) is 0 Å². The summed E-state index contributed by atoms with van der Waals surface area (Å²) in [6, 6.07) is 3.12. The minimum Gasteiger partial charge on any atom is -0.477 e. The Labute approximate surface area is 73.4 Å². The number of nitrogens with zero attached hydrogens (tertiary/aromatic N) is 2. The number of nitrogens with two attached hydrogens (primary N) is 1. The van der Waals surface area contributed by atoms with Gasteiger partial charge in [-0.2, -0.15) is 0 Å². The normalized spacial score (nSPS) is 10.5. The second-order valence-corrected chi connectivity index (χ2v) is 2.64. The summed E-state index contributed by atoms with van der Waals surface area (Å²) in [6.45, 7) is 0. The topological polar surface area (TPSA) is 80.6 Å². The van der Waals surface area contributed by atoms with Gasteiger partial charge in [-0.25, -0.2) is 9.78 Å². The molecule has 66 valence electrons. The van der Waals surface area contributed by atoms with Crippen LogP contribution in [0, 0.1) is 0 Å². The maximum absolute atomic E-state index is 10.7. The van der Waals surface area contributed by atoms with Gasteiger partial charge in [-0.15, -0.1) is 0 Å². The molecule has 0 saturated heterocycles. The fraction of sp³-hybridized carbons (Fsp3) is 0. The zero-order valence-corrected chi connectivity index (χ0v) is 6.64. The molecule has 0 aliphatic heterocycles. The fourth-order valence-corrected chi connectivity index (χ4v) is 1.18. The van der Waals surface area contributed by atoms with Gasteiger partial charge in [0.25, 0.3) is 0 Å². The van der Waals surface area contributed by atoms with Crippen molar-refractivity contribution in [2.24, 2.45) is 0 Å². The van der Waals surface area contributed by atoms with Crippen LogP contribution in [0.15, 0.2) is 24.5 Å². The van der Waals surface area contributed by atoms with Gasteiger partial charge in [0.15, 0.2) is 0 Å². The molecule has 0 unspecified atom stereocenters. The maximum atomic E-state index is 10.7. The highest BCUT2D eigenvalue weighted by molar-refractivity contribution is 5.87. The van der Waals surface area contributed by atoms with Crippen LogP contribution in [0.4, 0.5) is 5.69 Å². The van der Waals surface area contributed by atoms with Crippen LogP contribution < -0.4 is 5.73 Å². The van der Waals surface area contributed by atoms with Crippen LogP contribution in [0.1, 0.15) is 10.5 Å². The van der Waals surface area contributed by atoms with Crippen LogP contribution >= 0.6 is 0 Å². The number of fused-ring (bicyclic) bond motifs is 1. The highest BCUT2D eigenvalue weighted by Crippen LogP contribution is 2.09. The predicted molar refractivity (Wildman–Crippen MR) is 46.6 cm³/mol. The number of rotatable bonds is 1. The lowest BCUT2D eigenvalue weighted by Gasteiger charge is -1.98. The molecule has 0 spiro atoms. The Balaban J connectivity index is 2.79. The SMILES string of the molecule is Nc1cnc2ccc(C(=O)O)n2c1. The largest absolute Gasteiger partial charge is 0.477 e. The standard InChI is InChI=1S/C8H7N3O2/c9-5-3-10-7-2-1-6(8(12)13)11(7)4-5/h1-4H,9H2,(H,12,13). The second kappa shape index (κ2) is 2.48. The molecular formula is C8H7N3O2. The van der Waals surface area contributed by atoms with E-state index in [1.54, 1.807) is 6.07 Å². The summed E-state index contributed by atoms with van der Waals surface area (Å²) in [6.07, 6.45) is 3.02. The van der Waals surface area contributed by atoms with Crippen LogP contribution in [-0.2, 0) is 0 Å². The number of carboxylic acids is 1. The van der Waals surface area contributed by atoms with Crippen molar-refractivity contribution < 1.29 is 9.90 Å². The van der Waals surface area contributed by atoms with Crippen LogP contribution in [-0.4, -0.2) is 20.5 Å². The molecule has 0 atom stereocenters. The Morgan fingerprint density at radius 3 is 3.00 bits per heavy atom. The number of carboxylic acid groups (broad SMARTS) is 1. The third-order valence-corrected chi connectivity index (χ3v) is 1.74. The molecular weight excluding hydrogens is 170 g/mol. The molecule has 2 heterocycles. The van der Waals surface area contributed by atoms with E-state index >= 15 is 0 Å². The lowest BCUT2D eigenvalue weighted by Crippen LogP contribution is -2.02.